The first-order valence-electron chi connectivity index (χ1n) is 8.44. The number of hydrogen-bond donors (Lipinski definition) is 1. The Kier molecular flexibility index (Phi) is 4.39. The summed E-state index contributed by atoms with van der Waals surface area (Å²) in [6.07, 6.45) is 1.98. The van der Waals surface area contributed by atoms with Crippen LogP contribution >= 0.6 is 0 Å². The Hall–Kier alpha value is -3.53. The van der Waals surface area contributed by atoms with Gasteiger partial charge in [0.25, 0.3) is 0 Å². The molecule has 1 amide bonds. The van der Waals surface area contributed by atoms with Crippen LogP contribution in [0.1, 0.15) is 5.56 Å². The molecule has 0 fully saturated rings. The predicted molar refractivity (Wildman–Crippen MR) is 104 cm³/mol. The number of carbonyl (C=O) groups excluding carboxylic acids is 1. The lowest BCUT2D eigenvalue weighted by molar-refractivity contribution is -0.115. The van der Waals surface area contributed by atoms with Gasteiger partial charge in [-0.1, -0.05) is 54.6 Å². The Bertz CT molecular complexity index is 1060. The van der Waals surface area contributed by atoms with Crippen LogP contribution in [-0.2, 0) is 11.2 Å². The van der Waals surface area contributed by atoms with Crippen molar-refractivity contribution in [2.24, 2.45) is 0 Å². The van der Waals surface area contributed by atoms with E-state index in [1.54, 1.807) is 12.3 Å². The van der Waals surface area contributed by atoms with Crippen molar-refractivity contribution in [2.45, 2.75) is 6.42 Å². The molecular weight excluding hydrogens is 322 g/mol. The van der Waals surface area contributed by atoms with Crippen LogP contribution < -0.4 is 5.32 Å². The van der Waals surface area contributed by atoms with Gasteiger partial charge in [-0.25, -0.2) is 9.97 Å². The number of carbonyl (C=O) groups is 1. The molecular formula is C22H17N3O. The summed E-state index contributed by atoms with van der Waals surface area (Å²) in [5.74, 6) is 0.415. The number of amides is 1. The maximum absolute atomic E-state index is 12.4. The van der Waals surface area contributed by atoms with Gasteiger partial charge in [0.2, 0.25) is 5.91 Å². The third-order valence-electron chi connectivity index (χ3n) is 4.13. The lowest BCUT2D eigenvalue weighted by Crippen LogP contribution is -2.15. The van der Waals surface area contributed by atoms with Crippen LogP contribution in [-0.4, -0.2) is 15.9 Å². The summed E-state index contributed by atoms with van der Waals surface area (Å²) < 4.78 is 0. The third-order valence-corrected chi connectivity index (χ3v) is 4.13. The van der Waals surface area contributed by atoms with Gasteiger partial charge < -0.3 is 5.32 Å². The largest absolute Gasteiger partial charge is 0.310 e. The second-order valence-corrected chi connectivity index (χ2v) is 6.04. The fourth-order valence-corrected chi connectivity index (χ4v) is 2.89. The van der Waals surface area contributed by atoms with E-state index in [0.29, 0.717) is 17.9 Å². The lowest BCUT2D eigenvalue weighted by atomic mass is 10.0. The van der Waals surface area contributed by atoms with Gasteiger partial charge in [-0.3, -0.25) is 4.79 Å². The van der Waals surface area contributed by atoms with Gasteiger partial charge >= 0.3 is 0 Å². The molecule has 0 aliphatic heterocycles. The molecule has 0 saturated carbocycles. The Morgan fingerprint density at radius 3 is 2.58 bits per heavy atom. The van der Waals surface area contributed by atoms with E-state index in [1.165, 1.54) is 0 Å². The number of nitrogens with zero attached hydrogens (tertiary/aromatic N) is 2. The Morgan fingerprint density at radius 1 is 0.846 bits per heavy atom. The first-order chi connectivity index (χ1) is 12.8. The van der Waals surface area contributed by atoms with Gasteiger partial charge in [0.1, 0.15) is 5.82 Å². The van der Waals surface area contributed by atoms with Crippen molar-refractivity contribution in [3.8, 4) is 11.1 Å². The van der Waals surface area contributed by atoms with Crippen LogP contribution in [0.5, 0.6) is 0 Å². The molecule has 1 N–H and O–H groups in total. The van der Waals surface area contributed by atoms with E-state index in [2.05, 4.69) is 27.4 Å². The van der Waals surface area contributed by atoms with E-state index < -0.39 is 0 Å². The number of hydrogen-bond acceptors (Lipinski definition) is 3. The number of pyridine rings is 2. The number of fused-ring (bicyclic) bond motifs is 1. The molecule has 0 aliphatic rings. The molecule has 2 aromatic carbocycles. The molecule has 0 radical (unpaired) electrons. The van der Waals surface area contributed by atoms with Gasteiger partial charge in [-0.05, 0) is 41.0 Å². The highest BCUT2D eigenvalue weighted by Crippen LogP contribution is 2.20. The number of aromatic nitrogens is 2. The van der Waals surface area contributed by atoms with Crippen molar-refractivity contribution >= 4 is 22.8 Å². The fraction of sp³-hybridized carbons (Fsp3) is 0.0455. The summed E-state index contributed by atoms with van der Waals surface area (Å²) in [4.78, 5) is 21.0. The summed E-state index contributed by atoms with van der Waals surface area (Å²) in [6, 6.07) is 25.7. The van der Waals surface area contributed by atoms with Crippen LogP contribution in [0.3, 0.4) is 0 Å². The predicted octanol–water partition coefficient (Wildman–Crippen LogP) is 4.48. The highest BCUT2D eigenvalue weighted by Gasteiger charge is 2.07. The second kappa shape index (κ2) is 7.15. The highest BCUT2D eigenvalue weighted by molar-refractivity contribution is 5.92. The number of anilines is 1. The van der Waals surface area contributed by atoms with E-state index in [0.717, 1.165) is 22.1 Å². The Morgan fingerprint density at radius 2 is 1.69 bits per heavy atom. The molecule has 4 nitrogen and oxygen atoms in total. The number of nitrogens with one attached hydrogen (secondary N) is 1. The standard InChI is InChI=1S/C22H17N3O/c26-21(24-20-12-11-18-10-5-13-23-22(18)25-20)15-16-6-4-9-19(14-16)17-7-2-1-3-8-17/h1-14H,15H2,(H,23,24,25,26). The average molecular weight is 339 g/mol. The first kappa shape index (κ1) is 16.0. The maximum atomic E-state index is 12.4. The molecule has 4 aromatic rings. The molecule has 0 saturated heterocycles. The van der Waals surface area contributed by atoms with Gasteiger partial charge in [0.15, 0.2) is 5.65 Å². The van der Waals surface area contributed by atoms with Crippen molar-refractivity contribution < 1.29 is 4.79 Å². The molecule has 0 aliphatic carbocycles. The first-order valence-corrected chi connectivity index (χ1v) is 8.44. The number of rotatable bonds is 4. The van der Waals surface area contributed by atoms with Crippen LogP contribution in [0.15, 0.2) is 85.1 Å². The molecule has 0 spiro atoms. The monoisotopic (exact) mass is 339 g/mol. The van der Waals surface area contributed by atoms with Gasteiger partial charge in [-0.2, -0.15) is 0 Å². The summed E-state index contributed by atoms with van der Waals surface area (Å²) in [5, 5.41) is 3.80. The van der Waals surface area contributed by atoms with E-state index in [-0.39, 0.29) is 5.91 Å². The van der Waals surface area contributed by atoms with Crippen LogP contribution in [0, 0.1) is 0 Å². The minimum atomic E-state index is -0.0991. The van der Waals surface area contributed by atoms with Crippen LogP contribution in [0.25, 0.3) is 22.2 Å². The smallest absolute Gasteiger partial charge is 0.229 e. The van der Waals surface area contributed by atoms with Crippen LogP contribution in [0.4, 0.5) is 5.82 Å². The zero-order valence-electron chi connectivity index (χ0n) is 14.1. The Balaban J connectivity index is 1.49. The zero-order chi connectivity index (χ0) is 17.8. The van der Waals surface area contributed by atoms with Crippen molar-refractivity contribution in [2.75, 3.05) is 5.32 Å². The van der Waals surface area contributed by atoms with Crippen molar-refractivity contribution in [1.29, 1.82) is 0 Å². The van der Waals surface area contributed by atoms with E-state index in [9.17, 15) is 4.79 Å². The number of benzene rings is 2. The normalized spacial score (nSPS) is 10.6. The topological polar surface area (TPSA) is 54.9 Å². The van der Waals surface area contributed by atoms with Crippen molar-refractivity contribution in [1.82, 2.24) is 9.97 Å². The minimum Gasteiger partial charge on any atom is -0.310 e. The highest BCUT2D eigenvalue weighted by atomic mass is 16.1. The summed E-state index contributed by atoms with van der Waals surface area (Å²) in [5.41, 5.74) is 3.82. The van der Waals surface area contributed by atoms with Crippen molar-refractivity contribution in [3.63, 3.8) is 0 Å². The summed E-state index contributed by atoms with van der Waals surface area (Å²) >= 11 is 0. The molecule has 126 valence electrons. The fourth-order valence-electron chi connectivity index (χ4n) is 2.89. The van der Waals surface area contributed by atoms with E-state index in [4.69, 9.17) is 0 Å². The molecule has 0 unspecified atom stereocenters. The maximum Gasteiger partial charge on any atom is 0.229 e. The van der Waals surface area contributed by atoms with Gasteiger partial charge in [0, 0.05) is 11.6 Å². The molecule has 4 heteroatoms. The van der Waals surface area contributed by atoms with Crippen molar-refractivity contribution in [3.05, 3.63) is 90.6 Å². The SMILES string of the molecule is O=C(Cc1cccc(-c2ccccc2)c1)Nc1ccc2cccnc2n1. The molecule has 2 aromatic heterocycles. The van der Waals surface area contributed by atoms with E-state index in [1.807, 2.05) is 60.7 Å². The van der Waals surface area contributed by atoms with Gasteiger partial charge in [0.05, 0.1) is 6.42 Å². The molecule has 0 bridgehead atoms. The average Bonchev–Trinajstić information content (AvgIpc) is 2.69. The van der Waals surface area contributed by atoms with Gasteiger partial charge in [-0.15, -0.1) is 0 Å². The molecule has 2 heterocycles. The Labute approximate surface area is 151 Å². The molecule has 26 heavy (non-hydrogen) atoms. The summed E-state index contributed by atoms with van der Waals surface area (Å²) in [7, 11) is 0. The molecule has 0 atom stereocenters. The third kappa shape index (κ3) is 3.59. The lowest BCUT2D eigenvalue weighted by Gasteiger charge is -2.07. The van der Waals surface area contributed by atoms with E-state index >= 15 is 0 Å². The second-order valence-electron chi connectivity index (χ2n) is 6.04. The minimum absolute atomic E-state index is 0.0991. The summed E-state index contributed by atoms with van der Waals surface area (Å²) in [6.45, 7) is 0. The zero-order valence-corrected chi connectivity index (χ0v) is 14.1. The van der Waals surface area contributed by atoms with Crippen LogP contribution in [0.2, 0.25) is 0 Å². The quantitative estimate of drug-likeness (QED) is 0.596. The molecule has 4 rings (SSSR count).